The second-order valence-corrected chi connectivity index (χ2v) is 11.7. The maximum Gasteiger partial charge on any atom is 2.00 e. The molecular weight excluding hydrogens is 656 g/mol. The molecule has 0 spiro atoms. The first-order valence-corrected chi connectivity index (χ1v) is 15.0. The predicted molar refractivity (Wildman–Crippen MR) is 168 cm³/mol. The molecule has 5 rings (SSSR count). The summed E-state index contributed by atoms with van der Waals surface area (Å²) in [5.41, 5.74) is 9.07. The fourth-order valence-corrected chi connectivity index (χ4v) is 6.27. The molecule has 0 aromatic carbocycles. The number of nitrogens with zero attached hydrogens (tertiary/aromatic N) is 2. The molecule has 6 N–H and O–H groups in total. The van der Waals surface area contributed by atoms with Gasteiger partial charge in [-0.1, -0.05) is 0 Å². The summed E-state index contributed by atoms with van der Waals surface area (Å²) < 4.78 is 0. The number of aliphatic carboxylic acids is 2. The minimum atomic E-state index is -1.23. The number of aromatic nitrogens is 4. The molecule has 0 saturated heterocycles. The van der Waals surface area contributed by atoms with Crippen LogP contribution in [0.2, 0.25) is 0 Å². The average molecular weight is 692 g/mol. The van der Waals surface area contributed by atoms with Gasteiger partial charge in [0.05, 0.1) is 36.0 Å². The van der Waals surface area contributed by atoms with E-state index in [-0.39, 0.29) is 42.8 Å². The monoisotopic (exact) mass is 691 g/mol. The number of hydrogen-bond acceptors (Lipinski definition) is 10. The van der Waals surface area contributed by atoms with Crippen molar-refractivity contribution in [1.82, 2.24) is 19.9 Å². The van der Waals surface area contributed by atoms with Crippen molar-refractivity contribution >= 4 is 56.3 Å². The van der Waals surface area contributed by atoms with Crippen molar-refractivity contribution < 1.29 is 57.3 Å². The van der Waals surface area contributed by atoms with E-state index in [1.807, 2.05) is 13.8 Å². The average Bonchev–Trinajstić information content (AvgIpc) is 3.67. The van der Waals surface area contributed by atoms with Crippen LogP contribution in [-0.4, -0.2) is 65.5 Å². The molecule has 8 bridgehead atoms. The molecule has 0 saturated carbocycles. The number of carboxylic acids is 2. The normalized spacial score (nSPS) is 14.3. The van der Waals surface area contributed by atoms with E-state index in [4.69, 9.17) is 9.97 Å². The van der Waals surface area contributed by atoms with Crippen LogP contribution in [0, 0.1) is 13.8 Å². The molecule has 3 aromatic rings. The molecule has 12 nitrogen and oxygen atoms in total. The van der Waals surface area contributed by atoms with E-state index < -0.39 is 37.4 Å². The summed E-state index contributed by atoms with van der Waals surface area (Å²) in [5.74, 6) is -2.43. The number of rotatable bonds is 10. The second-order valence-electron chi connectivity index (χ2n) is 11.7. The number of aryl methyl sites for hydroxylation is 2. The zero-order valence-electron chi connectivity index (χ0n) is 26.3. The smallest absolute Gasteiger partial charge is 0.550 e. The number of carbonyl (C=O) groups is 2. The molecule has 2 aliphatic rings. The van der Waals surface area contributed by atoms with Gasteiger partial charge in [0, 0.05) is 45.1 Å². The minimum absolute atomic E-state index is 0. The van der Waals surface area contributed by atoms with Crippen molar-refractivity contribution in [1.29, 1.82) is 0 Å². The van der Waals surface area contributed by atoms with Crippen LogP contribution in [0.3, 0.4) is 0 Å². The zero-order chi connectivity index (χ0) is 33.4. The van der Waals surface area contributed by atoms with Crippen LogP contribution in [0.15, 0.2) is 24.3 Å². The summed E-state index contributed by atoms with van der Waals surface area (Å²) in [6.07, 6.45) is -2.67. The van der Waals surface area contributed by atoms with Gasteiger partial charge in [0.1, 0.15) is 12.2 Å². The number of nitrogens with one attached hydrogen (secondary N) is 2. The molecule has 2 unspecified atom stereocenters. The Labute approximate surface area is 281 Å². The number of hydrogen-bond donors (Lipinski definition) is 6. The van der Waals surface area contributed by atoms with Crippen molar-refractivity contribution in [2.24, 2.45) is 0 Å². The molecule has 5 heterocycles. The van der Waals surface area contributed by atoms with Gasteiger partial charge in [-0.15, -0.1) is 0 Å². The van der Waals surface area contributed by atoms with Gasteiger partial charge >= 0.3 is 17.1 Å². The van der Waals surface area contributed by atoms with Crippen LogP contribution < -0.4 is 10.2 Å². The minimum Gasteiger partial charge on any atom is -0.550 e. The maximum absolute atomic E-state index is 11.4. The Balaban J connectivity index is 0.00000500. The van der Waals surface area contributed by atoms with E-state index in [9.17, 15) is 40.2 Å². The summed E-state index contributed by atoms with van der Waals surface area (Å²) >= 11 is 0. The fourth-order valence-electron chi connectivity index (χ4n) is 6.27. The molecule has 0 amide bonds. The van der Waals surface area contributed by atoms with E-state index in [2.05, 4.69) is 9.97 Å². The number of H-pyrrole nitrogens is 2. The van der Waals surface area contributed by atoms with Gasteiger partial charge in [-0.05, 0) is 111 Å². The maximum atomic E-state index is 11.4. The van der Waals surface area contributed by atoms with Gasteiger partial charge in [0.15, 0.2) is 0 Å². The number of carbonyl (C=O) groups excluding carboxylic acids is 2. The largest absolute Gasteiger partial charge is 2.00 e. The number of aromatic amines is 2. The van der Waals surface area contributed by atoms with E-state index in [1.54, 1.807) is 38.1 Å². The summed E-state index contributed by atoms with van der Waals surface area (Å²) in [6.45, 7) is 6.16. The van der Waals surface area contributed by atoms with Gasteiger partial charge in [-0.3, -0.25) is 0 Å². The van der Waals surface area contributed by atoms with Gasteiger partial charge < -0.3 is 50.2 Å². The Morgan fingerprint density at radius 1 is 0.660 bits per heavy atom. The first-order chi connectivity index (χ1) is 21.8. The van der Waals surface area contributed by atoms with Crippen LogP contribution in [0.1, 0.15) is 96.8 Å². The van der Waals surface area contributed by atoms with Crippen LogP contribution in [0.4, 0.5) is 0 Å². The molecule has 47 heavy (non-hydrogen) atoms. The number of fused-ring (bicyclic) bond motifs is 8. The van der Waals surface area contributed by atoms with E-state index >= 15 is 0 Å². The molecule has 1 radical (unpaired) electrons. The van der Waals surface area contributed by atoms with Crippen molar-refractivity contribution in [3.63, 3.8) is 0 Å². The summed E-state index contributed by atoms with van der Waals surface area (Å²) in [6, 6.07) is 6.97. The third-order valence-corrected chi connectivity index (χ3v) is 8.80. The zero-order valence-corrected chi connectivity index (χ0v) is 27.3. The first-order valence-electron chi connectivity index (χ1n) is 15.0. The Kier molecular flexibility index (Phi) is 10.9. The van der Waals surface area contributed by atoms with Crippen molar-refractivity contribution in [3.8, 4) is 0 Å². The topological polar surface area (TPSA) is 219 Å². The first kappa shape index (κ1) is 35.7. The predicted octanol–water partition coefficient (Wildman–Crippen LogP) is 1.90. The summed E-state index contributed by atoms with van der Waals surface area (Å²) in [5, 5.41) is 64.4. The Bertz CT molecular complexity index is 1970. The Hall–Kier alpha value is -4.10. The second kappa shape index (κ2) is 14.3. The van der Waals surface area contributed by atoms with Crippen LogP contribution >= 0.6 is 0 Å². The van der Waals surface area contributed by atoms with E-state index in [1.165, 1.54) is 0 Å². The van der Waals surface area contributed by atoms with Crippen LogP contribution in [0.5, 0.6) is 0 Å². The standard InChI is InChI=1S/C34H38N4O8.Cu/c1-15-19(5-7-31(43)44)25-12-26-20(6-8-32(45)46)16(2)22(36-26)10-27-34(30(42)14-40)18(4)24(38-27)11-28-33(29(41)13-39)17(3)23(37-28)9-21(15)35-25;/h9-12,29-30,37-42H,5-8,13-14H2,1-4H3,(H,43,44)(H,45,46);/q;+2/p-2. The van der Waals surface area contributed by atoms with Crippen LogP contribution in [0.25, 0.3) is 44.4 Å². The number of aliphatic hydroxyl groups is 4. The Morgan fingerprint density at radius 2 is 1.04 bits per heavy atom. The fraction of sp³-hybridized carbons (Fsp3) is 0.353. The number of aliphatic hydroxyl groups excluding tert-OH is 4. The van der Waals surface area contributed by atoms with Crippen molar-refractivity contribution in [2.45, 2.75) is 65.6 Å². The van der Waals surface area contributed by atoms with E-state index in [0.29, 0.717) is 83.8 Å². The molecule has 13 heteroatoms. The molecule has 3 aromatic heterocycles. The Morgan fingerprint density at radius 3 is 1.45 bits per heavy atom. The van der Waals surface area contributed by atoms with Crippen molar-refractivity contribution in [3.05, 3.63) is 69.3 Å². The SMILES string of the molecule is CC1=C(CCC(=O)[O-])c2cc3nc(cc4[nH]c(cc5[nH]c(cc1n2)c(C)c5C(O)CO)c(C)c4C(O)CO)C(C)=C3CCC(=O)[O-].[Cu+2]. The molecule has 2 atom stereocenters. The third-order valence-electron chi connectivity index (χ3n) is 8.80. The molecular formula is C34H36CuN4O8. The molecule has 2 aliphatic heterocycles. The molecule has 0 fully saturated rings. The molecule has 251 valence electrons. The number of allylic oxidation sites excluding steroid dienone is 4. The summed E-state index contributed by atoms with van der Waals surface area (Å²) in [7, 11) is 0. The van der Waals surface area contributed by atoms with Gasteiger partial charge in [-0.2, -0.15) is 0 Å². The molecule has 0 aliphatic carbocycles. The summed E-state index contributed by atoms with van der Waals surface area (Å²) in [4.78, 5) is 39.2. The van der Waals surface area contributed by atoms with Crippen LogP contribution in [-0.2, 0) is 26.7 Å². The van der Waals surface area contributed by atoms with Gasteiger partial charge in [0.25, 0.3) is 0 Å². The number of carboxylic acid groups (broad SMARTS) is 2. The van der Waals surface area contributed by atoms with E-state index in [0.717, 1.165) is 5.57 Å². The van der Waals surface area contributed by atoms with Gasteiger partial charge in [-0.25, -0.2) is 9.97 Å². The van der Waals surface area contributed by atoms with Gasteiger partial charge in [0.2, 0.25) is 0 Å². The van der Waals surface area contributed by atoms with Crippen molar-refractivity contribution in [2.75, 3.05) is 13.2 Å². The third kappa shape index (κ3) is 6.96. The quantitative estimate of drug-likeness (QED) is 0.170.